The van der Waals surface area contributed by atoms with Crippen molar-refractivity contribution in [3.05, 3.63) is 76.5 Å². The van der Waals surface area contributed by atoms with E-state index in [1.165, 1.54) is 0 Å². The SMILES string of the molecule is Cc1c[nH]c(=O)c(-c2cc(-c3cnc(Nc4cc(OCCN5CCOCC5)ccc4C)o3)ccn2)c1. The monoisotopic (exact) mass is 487 g/mol. The number of H-pyrrole nitrogens is 1. The Balaban J connectivity index is 1.27. The summed E-state index contributed by atoms with van der Waals surface area (Å²) in [6.07, 6.45) is 4.99. The zero-order valence-electron chi connectivity index (χ0n) is 20.4. The number of anilines is 2. The van der Waals surface area contributed by atoms with Gasteiger partial charge in [0.1, 0.15) is 12.4 Å². The molecule has 0 bridgehead atoms. The number of aryl methyl sites for hydroxylation is 2. The van der Waals surface area contributed by atoms with Gasteiger partial charge in [-0.2, -0.15) is 0 Å². The Hall–Kier alpha value is -3.95. The lowest BCUT2D eigenvalue weighted by atomic mass is 10.1. The van der Waals surface area contributed by atoms with Gasteiger partial charge in [-0.05, 0) is 49.2 Å². The highest BCUT2D eigenvalue weighted by Gasteiger charge is 2.13. The number of ether oxygens (including phenoxy) is 2. The molecule has 36 heavy (non-hydrogen) atoms. The molecular weight excluding hydrogens is 458 g/mol. The van der Waals surface area contributed by atoms with Crippen molar-refractivity contribution in [1.82, 2.24) is 19.9 Å². The molecule has 186 valence electrons. The smallest absolute Gasteiger partial charge is 0.299 e. The maximum absolute atomic E-state index is 12.3. The van der Waals surface area contributed by atoms with Crippen LogP contribution in [0.2, 0.25) is 0 Å². The standard InChI is InChI=1S/C27H29N5O4/c1-18-13-22(26(33)29-16-18)24-14-20(5-6-28-24)25-17-30-27(36-25)31-23-15-21(4-3-19(23)2)35-12-9-32-7-10-34-11-8-32/h3-6,13-17H,7-12H2,1-2H3,(H,29,33)(H,30,31). The largest absolute Gasteiger partial charge is 0.492 e. The maximum atomic E-state index is 12.3. The Bertz CT molecular complexity index is 1390. The van der Waals surface area contributed by atoms with E-state index in [0.717, 1.165) is 61.0 Å². The van der Waals surface area contributed by atoms with Gasteiger partial charge in [0.2, 0.25) is 0 Å². The van der Waals surface area contributed by atoms with Crippen molar-refractivity contribution in [2.45, 2.75) is 13.8 Å². The van der Waals surface area contributed by atoms with Gasteiger partial charge in [0, 0.05) is 49.3 Å². The van der Waals surface area contributed by atoms with Gasteiger partial charge in [0.05, 0.1) is 30.7 Å². The molecule has 0 aliphatic carbocycles. The van der Waals surface area contributed by atoms with Gasteiger partial charge < -0.3 is 24.2 Å². The van der Waals surface area contributed by atoms with Crippen molar-refractivity contribution >= 4 is 11.7 Å². The van der Waals surface area contributed by atoms with E-state index in [0.29, 0.717) is 29.6 Å². The number of nitrogens with one attached hydrogen (secondary N) is 2. The predicted octanol–water partition coefficient (Wildman–Crippen LogP) is 4.16. The summed E-state index contributed by atoms with van der Waals surface area (Å²) in [4.78, 5) is 26.1. The Morgan fingerprint density at radius 1 is 1.11 bits per heavy atom. The van der Waals surface area contributed by atoms with Crippen molar-refractivity contribution in [1.29, 1.82) is 0 Å². The van der Waals surface area contributed by atoms with E-state index >= 15 is 0 Å². The Morgan fingerprint density at radius 2 is 1.97 bits per heavy atom. The quantitative estimate of drug-likeness (QED) is 0.382. The molecule has 5 rings (SSSR count). The molecule has 1 aliphatic heterocycles. The minimum Gasteiger partial charge on any atom is -0.492 e. The topological polar surface area (TPSA) is 106 Å². The van der Waals surface area contributed by atoms with E-state index in [-0.39, 0.29) is 5.56 Å². The summed E-state index contributed by atoms with van der Waals surface area (Å²) in [5, 5.41) is 3.25. The highest BCUT2D eigenvalue weighted by Crippen LogP contribution is 2.29. The first-order valence-electron chi connectivity index (χ1n) is 12.0. The normalized spacial score (nSPS) is 14.1. The lowest BCUT2D eigenvalue weighted by Gasteiger charge is -2.26. The molecule has 2 N–H and O–H groups in total. The molecule has 0 radical (unpaired) electrons. The fraction of sp³-hybridized carbons (Fsp3) is 0.296. The van der Waals surface area contributed by atoms with Crippen LogP contribution >= 0.6 is 0 Å². The summed E-state index contributed by atoms with van der Waals surface area (Å²) in [7, 11) is 0. The second kappa shape index (κ2) is 10.8. The van der Waals surface area contributed by atoms with Gasteiger partial charge in [-0.15, -0.1) is 0 Å². The third-order valence-electron chi connectivity index (χ3n) is 6.10. The molecule has 3 aromatic heterocycles. The Morgan fingerprint density at radius 3 is 2.83 bits per heavy atom. The van der Waals surface area contributed by atoms with E-state index in [2.05, 4.69) is 25.2 Å². The number of aromatic amines is 1. The number of morpholine rings is 1. The van der Waals surface area contributed by atoms with Crippen molar-refractivity contribution in [2.75, 3.05) is 44.8 Å². The molecular formula is C27H29N5O4. The molecule has 4 aromatic rings. The molecule has 9 heteroatoms. The number of oxazole rings is 1. The van der Waals surface area contributed by atoms with E-state index in [4.69, 9.17) is 13.9 Å². The zero-order valence-corrected chi connectivity index (χ0v) is 20.4. The molecule has 0 unspecified atom stereocenters. The maximum Gasteiger partial charge on any atom is 0.299 e. The summed E-state index contributed by atoms with van der Waals surface area (Å²) < 4.78 is 17.4. The van der Waals surface area contributed by atoms with Gasteiger partial charge >= 0.3 is 0 Å². The lowest BCUT2D eigenvalue weighted by molar-refractivity contribution is 0.0322. The average molecular weight is 488 g/mol. The molecule has 1 aromatic carbocycles. The molecule has 0 spiro atoms. The molecule has 9 nitrogen and oxygen atoms in total. The van der Waals surface area contributed by atoms with Gasteiger partial charge in [-0.1, -0.05) is 6.07 Å². The fourth-order valence-corrected chi connectivity index (χ4v) is 4.04. The summed E-state index contributed by atoms with van der Waals surface area (Å²) in [5.74, 6) is 1.35. The molecule has 1 saturated heterocycles. The minimum absolute atomic E-state index is 0.187. The van der Waals surface area contributed by atoms with Crippen LogP contribution in [0.25, 0.3) is 22.6 Å². The Kier molecular flexibility index (Phi) is 7.11. The van der Waals surface area contributed by atoms with Crippen molar-refractivity contribution in [2.24, 2.45) is 0 Å². The Labute approximate surface area is 209 Å². The number of nitrogens with zero attached hydrogens (tertiary/aromatic N) is 3. The van der Waals surface area contributed by atoms with Crippen molar-refractivity contribution < 1.29 is 13.9 Å². The summed E-state index contributed by atoms with van der Waals surface area (Å²) in [6, 6.07) is 11.8. The van der Waals surface area contributed by atoms with Gasteiger partial charge in [-0.25, -0.2) is 4.98 Å². The molecule has 0 atom stereocenters. The fourth-order valence-electron chi connectivity index (χ4n) is 4.04. The van der Waals surface area contributed by atoms with Gasteiger partial charge in [0.25, 0.3) is 11.6 Å². The number of hydrogen-bond acceptors (Lipinski definition) is 8. The first-order chi connectivity index (χ1) is 17.5. The van der Waals surface area contributed by atoms with Gasteiger partial charge in [0.15, 0.2) is 5.76 Å². The van der Waals surface area contributed by atoms with Crippen LogP contribution in [0, 0.1) is 13.8 Å². The minimum atomic E-state index is -0.187. The summed E-state index contributed by atoms with van der Waals surface area (Å²) in [5.41, 5.74) is 4.52. The molecule has 0 saturated carbocycles. The first-order valence-corrected chi connectivity index (χ1v) is 12.0. The molecule has 1 fully saturated rings. The van der Waals surface area contributed by atoms with Crippen LogP contribution in [0.15, 0.2) is 64.2 Å². The molecule has 4 heterocycles. The van der Waals surface area contributed by atoms with E-state index in [1.807, 2.05) is 50.2 Å². The van der Waals surface area contributed by atoms with E-state index in [1.54, 1.807) is 18.6 Å². The number of hydrogen-bond donors (Lipinski definition) is 2. The molecule has 1 aliphatic rings. The summed E-state index contributed by atoms with van der Waals surface area (Å²) >= 11 is 0. The first kappa shape index (κ1) is 23.8. The van der Waals surface area contributed by atoms with Gasteiger partial charge in [-0.3, -0.25) is 14.7 Å². The number of rotatable bonds is 8. The predicted molar refractivity (Wildman–Crippen MR) is 138 cm³/mol. The third-order valence-corrected chi connectivity index (χ3v) is 6.10. The van der Waals surface area contributed by atoms with Crippen LogP contribution in [0.4, 0.5) is 11.7 Å². The van der Waals surface area contributed by atoms with Crippen LogP contribution in [0.1, 0.15) is 11.1 Å². The number of pyridine rings is 2. The number of benzene rings is 1. The van der Waals surface area contributed by atoms with E-state index in [9.17, 15) is 4.79 Å². The lowest BCUT2D eigenvalue weighted by Crippen LogP contribution is -2.38. The van der Waals surface area contributed by atoms with Crippen molar-refractivity contribution in [3.8, 4) is 28.3 Å². The molecule has 0 amide bonds. The van der Waals surface area contributed by atoms with Crippen LogP contribution in [-0.2, 0) is 4.74 Å². The van der Waals surface area contributed by atoms with E-state index < -0.39 is 0 Å². The van der Waals surface area contributed by atoms with Crippen LogP contribution in [0.3, 0.4) is 0 Å². The zero-order chi connectivity index (χ0) is 24.9. The highest BCUT2D eigenvalue weighted by atomic mass is 16.5. The van der Waals surface area contributed by atoms with Crippen LogP contribution in [0.5, 0.6) is 5.75 Å². The third kappa shape index (κ3) is 5.64. The second-order valence-electron chi connectivity index (χ2n) is 8.78. The average Bonchev–Trinajstić information content (AvgIpc) is 3.37. The number of aromatic nitrogens is 3. The van der Waals surface area contributed by atoms with Crippen molar-refractivity contribution in [3.63, 3.8) is 0 Å². The van der Waals surface area contributed by atoms with Crippen LogP contribution < -0.4 is 15.6 Å². The summed E-state index contributed by atoms with van der Waals surface area (Å²) in [6.45, 7) is 8.85. The van der Waals surface area contributed by atoms with Crippen LogP contribution in [-0.4, -0.2) is 59.3 Å². The highest BCUT2D eigenvalue weighted by molar-refractivity contribution is 5.68. The second-order valence-corrected chi connectivity index (χ2v) is 8.78.